The van der Waals surface area contributed by atoms with Crippen molar-refractivity contribution in [2.45, 2.75) is 39.3 Å². The first-order chi connectivity index (χ1) is 17.1. The van der Waals surface area contributed by atoms with Gasteiger partial charge < -0.3 is 15.1 Å². The number of nitrogens with zero attached hydrogens (tertiary/aromatic N) is 3. The molecule has 1 N–H and O–H groups in total. The third kappa shape index (κ3) is 5.30. The average molecular weight is 487 g/mol. The molecule has 4 heterocycles. The van der Waals surface area contributed by atoms with Crippen LogP contribution in [0.3, 0.4) is 0 Å². The minimum absolute atomic E-state index is 0.0535. The highest BCUT2D eigenvalue weighted by molar-refractivity contribution is 7.10. The Bertz CT molecular complexity index is 1230. The second-order valence-electron chi connectivity index (χ2n) is 9.11. The molecule has 35 heavy (non-hydrogen) atoms. The maximum Gasteiger partial charge on any atom is 0.254 e. The summed E-state index contributed by atoms with van der Waals surface area (Å²) < 4.78 is 0. The second kappa shape index (κ2) is 10.4. The van der Waals surface area contributed by atoms with Gasteiger partial charge in [-0.15, -0.1) is 11.3 Å². The number of rotatable bonds is 6. The zero-order chi connectivity index (χ0) is 24.2. The first-order valence-electron chi connectivity index (χ1n) is 12.2. The summed E-state index contributed by atoms with van der Waals surface area (Å²) in [6.45, 7) is 5.79. The zero-order valence-corrected chi connectivity index (χ0v) is 20.8. The molecule has 0 radical (unpaired) electrons. The zero-order valence-electron chi connectivity index (χ0n) is 20.0. The Morgan fingerprint density at radius 3 is 2.66 bits per heavy atom. The van der Waals surface area contributed by atoms with Gasteiger partial charge in [-0.1, -0.05) is 6.07 Å². The Morgan fingerprint density at radius 2 is 1.91 bits per heavy atom. The van der Waals surface area contributed by atoms with Crippen molar-refractivity contribution in [3.8, 4) is 0 Å². The molecular formula is C28H30N4O2S. The maximum absolute atomic E-state index is 13.2. The Labute approximate surface area is 210 Å². The minimum Gasteiger partial charge on any atom is -0.372 e. The van der Waals surface area contributed by atoms with Gasteiger partial charge in [0.25, 0.3) is 5.91 Å². The van der Waals surface area contributed by atoms with E-state index in [0.29, 0.717) is 19.6 Å². The van der Waals surface area contributed by atoms with E-state index >= 15 is 0 Å². The highest BCUT2D eigenvalue weighted by Gasteiger charge is 2.25. The molecule has 1 fully saturated rings. The van der Waals surface area contributed by atoms with E-state index in [4.69, 9.17) is 0 Å². The number of hydrogen-bond donors (Lipinski definition) is 1. The van der Waals surface area contributed by atoms with Crippen LogP contribution in [0.4, 0.5) is 5.69 Å². The van der Waals surface area contributed by atoms with Crippen molar-refractivity contribution < 1.29 is 9.59 Å². The summed E-state index contributed by atoms with van der Waals surface area (Å²) in [7, 11) is 0. The quantitative estimate of drug-likeness (QED) is 0.518. The number of amides is 2. The van der Waals surface area contributed by atoms with E-state index in [2.05, 4.69) is 27.3 Å². The third-order valence-corrected chi connectivity index (χ3v) is 7.69. The average Bonchev–Trinajstić information content (AvgIpc) is 3.61. The molecule has 5 rings (SSSR count). The summed E-state index contributed by atoms with van der Waals surface area (Å²) in [6, 6.07) is 12.0. The van der Waals surface area contributed by atoms with Gasteiger partial charge in [-0.3, -0.25) is 14.6 Å². The van der Waals surface area contributed by atoms with Gasteiger partial charge >= 0.3 is 0 Å². The van der Waals surface area contributed by atoms with Crippen LogP contribution in [0.15, 0.2) is 54.1 Å². The van der Waals surface area contributed by atoms with Crippen LogP contribution in [-0.2, 0) is 24.3 Å². The molecule has 7 heteroatoms. The summed E-state index contributed by atoms with van der Waals surface area (Å²) in [6.07, 6.45) is 8.50. The monoisotopic (exact) mass is 486 g/mol. The topological polar surface area (TPSA) is 65.5 Å². The standard InChI is InChI=1S/C28H30N4O2S/c1-20-26(18-30-27(33)11-10-24-5-4-16-35-24)25-12-15-32(19-22(25)17-29-20)28(34)21-6-8-23(9-7-21)31-13-2-3-14-31/h4-11,16-17H,2-3,12-15,18-19H2,1H3,(H,30,33)/b11-10+. The number of carbonyl (C=O) groups excluding carboxylic acids is 2. The van der Waals surface area contributed by atoms with Crippen molar-refractivity contribution in [3.05, 3.63) is 86.9 Å². The van der Waals surface area contributed by atoms with Crippen LogP contribution in [-0.4, -0.2) is 41.3 Å². The van der Waals surface area contributed by atoms with Crippen LogP contribution in [0, 0.1) is 6.92 Å². The molecule has 1 aromatic carbocycles. The van der Waals surface area contributed by atoms with Crippen LogP contribution in [0.25, 0.3) is 6.08 Å². The lowest BCUT2D eigenvalue weighted by atomic mass is 9.94. The van der Waals surface area contributed by atoms with E-state index in [-0.39, 0.29) is 11.8 Å². The van der Waals surface area contributed by atoms with Gasteiger partial charge in [0.2, 0.25) is 5.91 Å². The lowest BCUT2D eigenvalue weighted by molar-refractivity contribution is -0.116. The third-order valence-electron chi connectivity index (χ3n) is 6.85. The molecule has 0 atom stereocenters. The normalized spacial score (nSPS) is 15.5. The Morgan fingerprint density at radius 1 is 1.11 bits per heavy atom. The largest absolute Gasteiger partial charge is 0.372 e. The van der Waals surface area contributed by atoms with Crippen molar-refractivity contribution in [3.63, 3.8) is 0 Å². The van der Waals surface area contributed by atoms with Gasteiger partial charge in [0, 0.05) is 66.8 Å². The number of carbonyl (C=O) groups is 2. The molecule has 2 amide bonds. The summed E-state index contributed by atoms with van der Waals surface area (Å²) in [5, 5.41) is 4.98. The summed E-state index contributed by atoms with van der Waals surface area (Å²) >= 11 is 1.60. The fourth-order valence-corrected chi connectivity index (χ4v) is 5.50. The van der Waals surface area contributed by atoms with Gasteiger partial charge in [0.15, 0.2) is 0 Å². The van der Waals surface area contributed by atoms with Crippen molar-refractivity contribution in [1.82, 2.24) is 15.2 Å². The molecule has 6 nitrogen and oxygen atoms in total. The van der Waals surface area contributed by atoms with Crippen molar-refractivity contribution in [2.24, 2.45) is 0 Å². The Balaban J connectivity index is 1.24. The number of aromatic nitrogens is 1. The number of anilines is 1. The number of hydrogen-bond acceptors (Lipinski definition) is 5. The second-order valence-corrected chi connectivity index (χ2v) is 10.1. The number of nitrogens with one attached hydrogen (secondary N) is 1. The first-order valence-corrected chi connectivity index (χ1v) is 13.1. The minimum atomic E-state index is -0.125. The molecule has 2 aliphatic heterocycles. The van der Waals surface area contributed by atoms with Gasteiger partial charge in [-0.05, 0) is 84.7 Å². The molecule has 2 aliphatic rings. The van der Waals surface area contributed by atoms with E-state index in [1.165, 1.54) is 24.1 Å². The van der Waals surface area contributed by atoms with E-state index in [1.54, 1.807) is 17.4 Å². The lowest BCUT2D eigenvalue weighted by Crippen LogP contribution is -2.37. The van der Waals surface area contributed by atoms with Crippen molar-refractivity contribution >= 4 is 34.9 Å². The highest BCUT2D eigenvalue weighted by atomic mass is 32.1. The van der Waals surface area contributed by atoms with Crippen LogP contribution in [0.5, 0.6) is 0 Å². The molecule has 0 aliphatic carbocycles. The number of aryl methyl sites for hydroxylation is 1. The maximum atomic E-state index is 13.2. The van der Waals surface area contributed by atoms with Crippen LogP contribution < -0.4 is 10.2 Å². The molecule has 0 bridgehead atoms. The van der Waals surface area contributed by atoms with E-state index in [9.17, 15) is 9.59 Å². The predicted molar refractivity (Wildman–Crippen MR) is 141 cm³/mol. The van der Waals surface area contributed by atoms with Crippen LogP contribution >= 0.6 is 11.3 Å². The van der Waals surface area contributed by atoms with Gasteiger partial charge in [-0.25, -0.2) is 0 Å². The molecule has 1 saturated heterocycles. The molecule has 0 unspecified atom stereocenters. The Kier molecular flexibility index (Phi) is 6.95. The van der Waals surface area contributed by atoms with Gasteiger partial charge in [0.05, 0.1) is 0 Å². The van der Waals surface area contributed by atoms with E-state index < -0.39 is 0 Å². The van der Waals surface area contributed by atoms with Crippen LogP contribution in [0.2, 0.25) is 0 Å². The highest BCUT2D eigenvalue weighted by Crippen LogP contribution is 2.26. The van der Waals surface area contributed by atoms with E-state index in [0.717, 1.165) is 46.8 Å². The number of fused-ring (bicyclic) bond motifs is 1. The summed E-state index contributed by atoms with van der Waals surface area (Å²) in [5.74, 6) is -0.0711. The van der Waals surface area contributed by atoms with Crippen LogP contribution in [0.1, 0.15) is 50.5 Å². The van der Waals surface area contributed by atoms with Gasteiger partial charge in [-0.2, -0.15) is 0 Å². The van der Waals surface area contributed by atoms with Crippen molar-refractivity contribution in [2.75, 3.05) is 24.5 Å². The first kappa shape index (κ1) is 23.3. The van der Waals surface area contributed by atoms with Crippen molar-refractivity contribution in [1.29, 1.82) is 0 Å². The molecule has 3 aromatic rings. The smallest absolute Gasteiger partial charge is 0.254 e. The fraction of sp³-hybridized carbons (Fsp3) is 0.321. The molecular weight excluding hydrogens is 456 g/mol. The summed E-state index contributed by atoms with van der Waals surface area (Å²) in [5.41, 5.74) is 6.16. The predicted octanol–water partition coefficient (Wildman–Crippen LogP) is 4.58. The summed E-state index contributed by atoms with van der Waals surface area (Å²) in [4.78, 5) is 35.4. The fourth-order valence-electron chi connectivity index (χ4n) is 4.88. The van der Waals surface area contributed by atoms with E-state index in [1.807, 2.05) is 53.7 Å². The van der Waals surface area contributed by atoms with Gasteiger partial charge in [0.1, 0.15) is 0 Å². The molecule has 180 valence electrons. The Hall–Kier alpha value is -3.45. The number of pyridine rings is 1. The SMILES string of the molecule is Cc1ncc2c(c1CNC(=O)/C=C/c1cccs1)CCN(C(=O)c1ccc(N3CCCC3)cc1)C2. The number of benzene rings is 1. The molecule has 2 aromatic heterocycles. The number of thiophene rings is 1. The molecule has 0 saturated carbocycles. The lowest BCUT2D eigenvalue weighted by Gasteiger charge is -2.30. The molecule has 0 spiro atoms.